The summed E-state index contributed by atoms with van der Waals surface area (Å²) < 4.78 is 0. The lowest BCUT2D eigenvalue weighted by atomic mass is 9.75. The lowest BCUT2D eigenvalue weighted by Gasteiger charge is -2.34. The molecule has 3 heteroatoms. The van der Waals surface area contributed by atoms with Crippen molar-refractivity contribution in [2.75, 3.05) is 6.54 Å². The molecular weight excluding hydrogens is 224 g/mol. The molecule has 18 heavy (non-hydrogen) atoms. The topological polar surface area (TPSA) is 55.1 Å². The highest BCUT2D eigenvalue weighted by Gasteiger charge is 2.33. The highest BCUT2D eigenvalue weighted by molar-refractivity contribution is 5.77. The van der Waals surface area contributed by atoms with E-state index in [4.69, 9.17) is 5.73 Å². The van der Waals surface area contributed by atoms with Gasteiger partial charge in [-0.25, -0.2) is 0 Å². The van der Waals surface area contributed by atoms with Crippen LogP contribution in [-0.2, 0) is 4.79 Å². The van der Waals surface area contributed by atoms with Crippen molar-refractivity contribution >= 4 is 5.91 Å². The zero-order chi connectivity index (χ0) is 13.1. The first kappa shape index (κ1) is 13.9. The second kappa shape index (κ2) is 5.60. The molecule has 0 aliphatic heterocycles. The van der Waals surface area contributed by atoms with Crippen LogP contribution in [0.15, 0.2) is 0 Å². The molecule has 2 rings (SSSR count). The van der Waals surface area contributed by atoms with Gasteiger partial charge in [0, 0.05) is 18.5 Å². The van der Waals surface area contributed by atoms with Gasteiger partial charge in [-0.1, -0.05) is 39.0 Å². The summed E-state index contributed by atoms with van der Waals surface area (Å²) in [5, 5.41) is 3.13. The van der Waals surface area contributed by atoms with Crippen molar-refractivity contribution in [3.8, 4) is 0 Å². The third kappa shape index (κ3) is 3.71. The van der Waals surface area contributed by atoms with E-state index in [1.165, 1.54) is 44.9 Å². The molecule has 3 N–H and O–H groups in total. The average molecular weight is 252 g/mol. The fourth-order valence-electron chi connectivity index (χ4n) is 3.53. The molecular formula is C15H28N2O. The van der Waals surface area contributed by atoms with Crippen LogP contribution in [0.4, 0.5) is 0 Å². The lowest BCUT2D eigenvalue weighted by molar-refractivity contribution is -0.122. The van der Waals surface area contributed by atoms with Crippen molar-refractivity contribution in [1.29, 1.82) is 0 Å². The minimum absolute atomic E-state index is 0.159. The van der Waals surface area contributed by atoms with E-state index in [0.717, 1.165) is 19.4 Å². The van der Waals surface area contributed by atoms with Crippen LogP contribution in [0.25, 0.3) is 0 Å². The third-order valence-corrected chi connectivity index (χ3v) is 4.88. The maximum absolute atomic E-state index is 12.0. The Morgan fingerprint density at radius 2 is 1.61 bits per heavy atom. The Bertz CT molecular complexity index is 289. The van der Waals surface area contributed by atoms with Crippen LogP contribution < -0.4 is 11.1 Å². The summed E-state index contributed by atoms with van der Waals surface area (Å²) >= 11 is 0. The molecule has 0 heterocycles. The van der Waals surface area contributed by atoms with Gasteiger partial charge in [-0.2, -0.15) is 0 Å². The molecule has 0 aromatic rings. The number of hydrogen-bond donors (Lipinski definition) is 2. The van der Waals surface area contributed by atoms with Crippen molar-refractivity contribution in [3.05, 3.63) is 0 Å². The van der Waals surface area contributed by atoms with Crippen LogP contribution in [0.3, 0.4) is 0 Å². The first-order chi connectivity index (χ1) is 8.52. The number of carbonyl (C=O) groups excluding carboxylic acids is 1. The molecule has 104 valence electrons. The number of nitrogens with two attached hydrogens (primary N) is 1. The molecule has 0 radical (unpaired) electrons. The van der Waals surface area contributed by atoms with Gasteiger partial charge in [-0.05, 0) is 31.1 Å². The van der Waals surface area contributed by atoms with Crippen LogP contribution >= 0.6 is 0 Å². The number of nitrogens with one attached hydrogen (secondary N) is 1. The van der Waals surface area contributed by atoms with Gasteiger partial charge >= 0.3 is 0 Å². The van der Waals surface area contributed by atoms with Crippen molar-refractivity contribution < 1.29 is 4.79 Å². The second-order valence-corrected chi connectivity index (χ2v) is 6.89. The Morgan fingerprint density at radius 1 is 1.06 bits per heavy atom. The molecule has 0 aromatic heterocycles. The molecule has 0 bridgehead atoms. The first-order valence-electron chi connectivity index (χ1n) is 7.57. The summed E-state index contributed by atoms with van der Waals surface area (Å²) in [6.45, 7) is 3.14. The molecule has 3 nitrogen and oxygen atoms in total. The maximum atomic E-state index is 12.0. The highest BCUT2D eigenvalue weighted by Crippen LogP contribution is 2.35. The van der Waals surface area contributed by atoms with Gasteiger partial charge in [0.05, 0.1) is 0 Å². The molecule has 0 atom stereocenters. The Hall–Kier alpha value is -0.570. The lowest BCUT2D eigenvalue weighted by Crippen LogP contribution is -2.44. The minimum Gasteiger partial charge on any atom is -0.355 e. The Labute approximate surface area is 111 Å². The molecule has 2 aliphatic rings. The summed E-state index contributed by atoms with van der Waals surface area (Å²) in [4.78, 5) is 12.0. The number of rotatable bonds is 4. The fourth-order valence-corrected chi connectivity index (χ4v) is 3.53. The zero-order valence-electron chi connectivity index (χ0n) is 11.8. The summed E-state index contributed by atoms with van der Waals surface area (Å²) in [6.07, 6.45) is 11.4. The van der Waals surface area contributed by atoms with E-state index in [0.29, 0.717) is 11.8 Å². The number of carbonyl (C=O) groups is 1. The van der Waals surface area contributed by atoms with Gasteiger partial charge in [0.15, 0.2) is 0 Å². The minimum atomic E-state index is -0.211. The number of hydrogen-bond acceptors (Lipinski definition) is 2. The molecule has 2 fully saturated rings. The molecule has 2 saturated carbocycles. The molecule has 0 saturated heterocycles. The van der Waals surface area contributed by atoms with Gasteiger partial charge in [0.2, 0.25) is 5.91 Å². The van der Waals surface area contributed by atoms with Crippen LogP contribution in [0.2, 0.25) is 0 Å². The molecule has 0 aromatic carbocycles. The standard InChI is InChI=1S/C15H28N2O/c1-14(7-3-2-4-8-14)12-17-13(18)11-15(16)9-5-6-10-15/h2-12,16H2,1H3,(H,17,18). The summed E-state index contributed by atoms with van der Waals surface area (Å²) in [7, 11) is 0. The fraction of sp³-hybridized carbons (Fsp3) is 0.933. The van der Waals surface area contributed by atoms with Crippen molar-refractivity contribution in [1.82, 2.24) is 5.32 Å². The van der Waals surface area contributed by atoms with Gasteiger partial charge in [-0.15, -0.1) is 0 Å². The zero-order valence-corrected chi connectivity index (χ0v) is 11.8. The quantitative estimate of drug-likeness (QED) is 0.808. The van der Waals surface area contributed by atoms with Crippen molar-refractivity contribution in [2.24, 2.45) is 11.1 Å². The van der Waals surface area contributed by atoms with E-state index >= 15 is 0 Å². The highest BCUT2D eigenvalue weighted by atomic mass is 16.1. The van der Waals surface area contributed by atoms with Gasteiger partial charge < -0.3 is 11.1 Å². The average Bonchev–Trinajstić information content (AvgIpc) is 2.74. The van der Waals surface area contributed by atoms with E-state index in [1.54, 1.807) is 0 Å². The Kier molecular flexibility index (Phi) is 4.31. The van der Waals surface area contributed by atoms with E-state index < -0.39 is 0 Å². The first-order valence-corrected chi connectivity index (χ1v) is 7.57. The van der Waals surface area contributed by atoms with Crippen LogP contribution in [0.1, 0.15) is 71.1 Å². The molecule has 2 aliphatic carbocycles. The summed E-state index contributed by atoms with van der Waals surface area (Å²) in [5.41, 5.74) is 6.35. The van der Waals surface area contributed by atoms with Crippen molar-refractivity contribution in [2.45, 2.75) is 76.7 Å². The van der Waals surface area contributed by atoms with Gasteiger partial charge in [0.1, 0.15) is 0 Å². The van der Waals surface area contributed by atoms with E-state index in [2.05, 4.69) is 12.2 Å². The monoisotopic (exact) mass is 252 g/mol. The maximum Gasteiger partial charge on any atom is 0.221 e. The van der Waals surface area contributed by atoms with Gasteiger partial charge in [-0.3, -0.25) is 4.79 Å². The van der Waals surface area contributed by atoms with Crippen LogP contribution in [0, 0.1) is 5.41 Å². The van der Waals surface area contributed by atoms with E-state index in [-0.39, 0.29) is 11.4 Å². The SMILES string of the molecule is CC1(CNC(=O)CC2(N)CCCC2)CCCCC1. The molecule has 0 spiro atoms. The predicted molar refractivity (Wildman–Crippen MR) is 74.2 cm³/mol. The number of amides is 1. The molecule has 0 unspecified atom stereocenters. The molecule has 1 amide bonds. The van der Waals surface area contributed by atoms with E-state index in [1.807, 2.05) is 0 Å². The summed E-state index contributed by atoms with van der Waals surface area (Å²) in [5.74, 6) is 0.159. The third-order valence-electron chi connectivity index (χ3n) is 4.88. The summed E-state index contributed by atoms with van der Waals surface area (Å²) in [6, 6.07) is 0. The Balaban J connectivity index is 1.74. The van der Waals surface area contributed by atoms with Crippen molar-refractivity contribution in [3.63, 3.8) is 0 Å². The normalized spacial score (nSPS) is 25.9. The van der Waals surface area contributed by atoms with Gasteiger partial charge in [0.25, 0.3) is 0 Å². The predicted octanol–water partition coefficient (Wildman–Crippen LogP) is 2.73. The van der Waals surface area contributed by atoms with Crippen LogP contribution in [0.5, 0.6) is 0 Å². The van der Waals surface area contributed by atoms with E-state index in [9.17, 15) is 4.79 Å². The smallest absolute Gasteiger partial charge is 0.221 e. The Morgan fingerprint density at radius 3 is 2.22 bits per heavy atom. The second-order valence-electron chi connectivity index (χ2n) is 6.89. The van der Waals surface area contributed by atoms with Crippen LogP contribution in [-0.4, -0.2) is 18.0 Å². The largest absolute Gasteiger partial charge is 0.355 e.